The number of hydrogen-bond acceptors (Lipinski definition) is 4. The van der Waals surface area contributed by atoms with E-state index in [2.05, 4.69) is 10.2 Å². The molecule has 27 heavy (non-hydrogen) atoms. The minimum Gasteiger partial charge on any atom is -0.454 e. The van der Waals surface area contributed by atoms with E-state index in [9.17, 15) is 22.4 Å². The molecule has 0 fully saturated rings. The first-order valence-electron chi connectivity index (χ1n) is 7.54. The van der Waals surface area contributed by atoms with Crippen LogP contribution in [0.25, 0.3) is 11.3 Å². The summed E-state index contributed by atoms with van der Waals surface area (Å²) in [4.78, 5) is 12.2. The molecule has 6 nitrogen and oxygen atoms in total. The van der Waals surface area contributed by atoms with Crippen LogP contribution in [0.1, 0.15) is 10.5 Å². The number of aromatic nitrogens is 2. The van der Waals surface area contributed by atoms with Crippen LogP contribution in [0.2, 0.25) is 0 Å². The van der Waals surface area contributed by atoms with Crippen molar-refractivity contribution in [2.24, 2.45) is 0 Å². The van der Waals surface area contributed by atoms with Gasteiger partial charge in [-0.1, -0.05) is 0 Å². The van der Waals surface area contributed by atoms with Gasteiger partial charge in [0.15, 0.2) is 34.8 Å². The molecule has 3 aromatic rings. The zero-order chi connectivity index (χ0) is 19.1. The van der Waals surface area contributed by atoms with Gasteiger partial charge in [0.05, 0.1) is 5.69 Å². The molecule has 0 aliphatic carbocycles. The Morgan fingerprint density at radius 3 is 2.44 bits per heavy atom. The number of anilines is 1. The Morgan fingerprint density at radius 2 is 1.70 bits per heavy atom. The first-order chi connectivity index (χ1) is 12.9. The molecule has 0 saturated carbocycles. The van der Waals surface area contributed by atoms with Crippen molar-refractivity contribution in [1.29, 1.82) is 0 Å². The van der Waals surface area contributed by atoms with E-state index < -0.39 is 34.9 Å². The minimum atomic E-state index is -1.71. The molecule has 0 radical (unpaired) electrons. The van der Waals surface area contributed by atoms with Gasteiger partial charge in [0, 0.05) is 11.6 Å². The number of ether oxygens (including phenoxy) is 2. The summed E-state index contributed by atoms with van der Waals surface area (Å²) < 4.78 is 64.2. The summed E-state index contributed by atoms with van der Waals surface area (Å²) in [5.41, 5.74) is -0.476. The fraction of sp³-hybridized carbons (Fsp3) is 0.0588. The summed E-state index contributed by atoms with van der Waals surface area (Å²) in [5.74, 6) is -6.65. The molecule has 0 unspecified atom stereocenters. The smallest absolute Gasteiger partial charge is 0.273 e. The second-order valence-corrected chi connectivity index (χ2v) is 5.53. The fourth-order valence-corrected chi connectivity index (χ4v) is 2.51. The Bertz CT molecular complexity index is 1040. The Labute approximate surface area is 148 Å². The Morgan fingerprint density at radius 1 is 1.00 bits per heavy atom. The molecule has 0 saturated heterocycles. The molecule has 10 heteroatoms. The minimum absolute atomic E-state index is 0.0499. The van der Waals surface area contributed by atoms with E-state index in [4.69, 9.17) is 9.47 Å². The number of halogens is 4. The van der Waals surface area contributed by atoms with Gasteiger partial charge in [-0.3, -0.25) is 9.89 Å². The van der Waals surface area contributed by atoms with Crippen LogP contribution in [0, 0.1) is 23.3 Å². The van der Waals surface area contributed by atoms with Crippen LogP contribution >= 0.6 is 0 Å². The van der Waals surface area contributed by atoms with Crippen LogP contribution in [0.3, 0.4) is 0 Å². The van der Waals surface area contributed by atoms with Gasteiger partial charge in [-0.25, -0.2) is 17.6 Å². The van der Waals surface area contributed by atoms with E-state index in [-0.39, 0.29) is 18.6 Å². The number of carbonyl (C=O) groups is 1. The van der Waals surface area contributed by atoms with Gasteiger partial charge >= 0.3 is 0 Å². The van der Waals surface area contributed by atoms with Crippen LogP contribution in [0.5, 0.6) is 11.5 Å². The number of fused-ring (bicyclic) bond motifs is 1. The van der Waals surface area contributed by atoms with Crippen LogP contribution in [0.4, 0.5) is 23.2 Å². The zero-order valence-electron chi connectivity index (χ0n) is 13.3. The highest BCUT2D eigenvalue weighted by atomic mass is 19.2. The van der Waals surface area contributed by atoms with E-state index in [1.807, 2.05) is 0 Å². The van der Waals surface area contributed by atoms with Crippen molar-refractivity contribution in [3.05, 3.63) is 59.3 Å². The Kier molecular flexibility index (Phi) is 3.94. The van der Waals surface area contributed by atoms with Crippen LogP contribution in [-0.2, 0) is 0 Å². The van der Waals surface area contributed by atoms with Crippen molar-refractivity contribution < 1.29 is 31.8 Å². The van der Waals surface area contributed by atoms with Gasteiger partial charge in [0.2, 0.25) is 6.79 Å². The molecule has 4 rings (SSSR count). The van der Waals surface area contributed by atoms with Crippen molar-refractivity contribution in [2.45, 2.75) is 0 Å². The molecule has 1 aliphatic heterocycles. The van der Waals surface area contributed by atoms with Crippen molar-refractivity contribution >= 4 is 11.6 Å². The first kappa shape index (κ1) is 16.9. The standard InChI is InChI=1S/C17H9F4N3O3/c18-8-4-9(19)15(21)16(14(8)20)22-17(25)11-5-10(23-24-11)7-1-2-12-13(3-7)27-6-26-12/h1-5H,6H2,(H,22,25)(H,23,24). The predicted octanol–water partition coefficient (Wildman–Crippen LogP) is 3.61. The van der Waals surface area contributed by atoms with E-state index in [1.54, 1.807) is 23.5 Å². The number of rotatable bonds is 3. The summed E-state index contributed by atoms with van der Waals surface area (Å²) in [6, 6.07) is 6.33. The lowest BCUT2D eigenvalue weighted by atomic mass is 10.1. The van der Waals surface area contributed by atoms with Crippen molar-refractivity contribution in [3.63, 3.8) is 0 Å². The maximum absolute atomic E-state index is 13.7. The van der Waals surface area contributed by atoms with Gasteiger partial charge in [-0.2, -0.15) is 5.10 Å². The summed E-state index contributed by atoms with van der Waals surface area (Å²) in [5, 5.41) is 8.13. The van der Waals surface area contributed by atoms with Crippen LogP contribution in [-0.4, -0.2) is 22.9 Å². The number of H-pyrrole nitrogens is 1. The maximum Gasteiger partial charge on any atom is 0.273 e. The molecular weight excluding hydrogens is 370 g/mol. The molecule has 2 heterocycles. The quantitative estimate of drug-likeness (QED) is 0.539. The van der Waals surface area contributed by atoms with Gasteiger partial charge < -0.3 is 14.8 Å². The zero-order valence-corrected chi connectivity index (χ0v) is 13.3. The summed E-state index contributed by atoms with van der Waals surface area (Å²) in [6.45, 7) is 0.0916. The van der Waals surface area contributed by atoms with Crippen molar-refractivity contribution in [1.82, 2.24) is 10.2 Å². The number of hydrogen-bond donors (Lipinski definition) is 2. The number of benzene rings is 2. The van der Waals surface area contributed by atoms with Gasteiger partial charge in [0.1, 0.15) is 11.4 Å². The Balaban J connectivity index is 1.60. The number of aromatic amines is 1. The SMILES string of the molecule is O=C(Nc1c(F)c(F)cc(F)c1F)c1cc(-c2ccc3c(c2)OCO3)n[nH]1. The number of carbonyl (C=O) groups excluding carboxylic acids is 1. The largest absolute Gasteiger partial charge is 0.454 e. The second-order valence-electron chi connectivity index (χ2n) is 5.53. The van der Waals surface area contributed by atoms with Gasteiger partial charge in [0.25, 0.3) is 5.91 Å². The summed E-state index contributed by atoms with van der Waals surface area (Å²) >= 11 is 0. The molecule has 0 bridgehead atoms. The van der Waals surface area contributed by atoms with Gasteiger partial charge in [-0.15, -0.1) is 0 Å². The average molecular weight is 379 g/mol. The molecule has 1 amide bonds. The topological polar surface area (TPSA) is 76.2 Å². The number of nitrogens with one attached hydrogen (secondary N) is 2. The highest BCUT2D eigenvalue weighted by molar-refractivity contribution is 6.03. The molecule has 1 aliphatic rings. The first-order valence-corrected chi connectivity index (χ1v) is 7.54. The lowest BCUT2D eigenvalue weighted by Crippen LogP contribution is -2.16. The fourth-order valence-electron chi connectivity index (χ4n) is 2.51. The summed E-state index contributed by atoms with van der Waals surface area (Å²) in [6.07, 6.45) is 0. The Hall–Kier alpha value is -3.56. The van der Waals surface area contributed by atoms with E-state index in [0.29, 0.717) is 22.8 Å². The second kappa shape index (κ2) is 6.31. The van der Waals surface area contributed by atoms with Crippen molar-refractivity contribution in [2.75, 3.05) is 12.1 Å². The molecule has 2 aromatic carbocycles. The van der Waals surface area contributed by atoms with Crippen molar-refractivity contribution in [3.8, 4) is 22.8 Å². The predicted molar refractivity (Wildman–Crippen MR) is 84.4 cm³/mol. The van der Waals surface area contributed by atoms with Gasteiger partial charge in [-0.05, 0) is 24.3 Å². The number of nitrogens with zero attached hydrogens (tertiary/aromatic N) is 1. The normalized spacial score (nSPS) is 12.3. The molecule has 0 spiro atoms. The molecule has 138 valence electrons. The molecule has 2 N–H and O–H groups in total. The molecule has 0 atom stereocenters. The van der Waals surface area contributed by atoms with E-state index in [0.717, 1.165) is 0 Å². The van der Waals surface area contributed by atoms with Crippen LogP contribution in [0.15, 0.2) is 30.3 Å². The highest BCUT2D eigenvalue weighted by Crippen LogP contribution is 2.35. The molecule has 1 aromatic heterocycles. The summed E-state index contributed by atoms with van der Waals surface area (Å²) in [7, 11) is 0. The third kappa shape index (κ3) is 2.94. The highest BCUT2D eigenvalue weighted by Gasteiger charge is 2.22. The van der Waals surface area contributed by atoms with E-state index >= 15 is 0 Å². The maximum atomic E-state index is 13.7. The van der Waals surface area contributed by atoms with E-state index in [1.165, 1.54) is 6.07 Å². The number of amides is 1. The third-order valence-electron chi connectivity index (χ3n) is 3.84. The monoisotopic (exact) mass is 379 g/mol. The third-order valence-corrected chi connectivity index (χ3v) is 3.84. The lowest BCUT2D eigenvalue weighted by molar-refractivity contribution is 0.102. The average Bonchev–Trinajstić information content (AvgIpc) is 3.32. The molecular formula is C17H9F4N3O3. The van der Waals surface area contributed by atoms with Crippen LogP contribution < -0.4 is 14.8 Å². The lowest BCUT2D eigenvalue weighted by Gasteiger charge is -2.07.